The number of nitrogens with zero attached hydrogens (tertiary/aromatic N) is 3. The van der Waals surface area contributed by atoms with Gasteiger partial charge in [-0.1, -0.05) is 6.42 Å². The number of rotatable bonds is 1. The third-order valence-electron chi connectivity index (χ3n) is 4.23. The van der Waals surface area contributed by atoms with E-state index >= 15 is 0 Å². The van der Waals surface area contributed by atoms with E-state index in [1.165, 1.54) is 12.8 Å². The number of hydrogen-bond donors (Lipinski definition) is 2. The summed E-state index contributed by atoms with van der Waals surface area (Å²) in [5.74, 6) is 1.91. The van der Waals surface area contributed by atoms with Crippen molar-refractivity contribution < 1.29 is 4.79 Å². The number of amides is 1. The number of carbonyl (C=O) groups is 1. The molecule has 3 unspecified atom stereocenters. The molecule has 0 radical (unpaired) electrons. The maximum absolute atomic E-state index is 12.3. The van der Waals surface area contributed by atoms with Crippen molar-refractivity contribution in [2.75, 3.05) is 13.1 Å². The van der Waals surface area contributed by atoms with Crippen molar-refractivity contribution in [1.82, 2.24) is 20.1 Å². The number of fused-ring (bicyclic) bond motifs is 1. The average molecular weight is 249 g/mol. The van der Waals surface area contributed by atoms with Gasteiger partial charge in [-0.3, -0.25) is 9.89 Å². The van der Waals surface area contributed by atoms with Gasteiger partial charge in [0, 0.05) is 19.1 Å². The number of nitrogens with two attached hydrogens (primary N) is 1. The van der Waals surface area contributed by atoms with Gasteiger partial charge >= 0.3 is 0 Å². The lowest BCUT2D eigenvalue weighted by molar-refractivity contribution is 0.0771. The van der Waals surface area contributed by atoms with Crippen molar-refractivity contribution >= 4 is 5.91 Å². The number of aromatic nitrogens is 3. The maximum atomic E-state index is 12.3. The van der Waals surface area contributed by atoms with Gasteiger partial charge in [-0.25, -0.2) is 4.98 Å². The van der Waals surface area contributed by atoms with Crippen LogP contribution in [0.15, 0.2) is 0 Å². The molecule has 1 aliphatic carbocycles. The van der Waals surface area contributed by atoms with E-state index < -0.39 is 0 Å². The predicted molar refractivity (Wildman–Crippen MR) is 65.8 cm³/mol. The highest BCUT2D eigenvalue weighted by Crippen LogP contribution is 2.35. The van der Waals surface area contributed by atoms with E-state index in [2.05, 4.69) is 15.2 Å². The second-order valence-electron chi connectivity index (χ2n) is 5.47. The molecular formula is C12H19N5O. The Morgan fingerprint density at radius 2 is 2.28 bits per heavy atom. The Kier molecular flexibility index (Phi) is 2.81. The summed E-state index contributed by atoms with van der Waals surface area (Å²) in [6.45, 7) is 3.37. The summed E-state index contributed by atoms with van der Waals surface area (Å²) in [5, 5.41) is 6.65. The van der Waals surface area contributed by atoms with Gasteiger partial charge in [-0.15, -0.1) is 5.10 Å². The van der Waals surface area contributed by atoms with E-state index in [9.17, 15) is 4.79 Å². The number of hydrogen-bond acceptors (Lipinski definition) is 4. The lowest BCUT2D eigenvalue weighted by Crippen LogP contribution is -2.38. The highest BCUT2D eigenvalue weighted by atomic mass is 16.2. The molecule has 1 aliphatic heterocycles. The van der Waals surface area contributed by atoms with Crippen LogP contribution < -0.4 is 5.73 Å². The fourth-order valence-corrected chi connectivity index (χ4v) is 3.26. The Morgan fingerprint density at radius 3 is 2.94 bits per heavy atom. The summed E-state index contributed by atoms with van der Waals surface area (Å²) in [6.07, 6.45) is 3.46. The van der Waals surface area contributed by atoms with Crippen molar-refractivity contribution in [3.05, 3.63) is 11.6 Å². The number of aromatic amines is 1. The molecule has 98 valence electrons. The molecule has 3 rings (SSSR count). The zero-order chi connectivity index (χ0) is 12.7. The molecule has 6 nitrogen and oxygen atoms in total. The normalized spacial score (nSPS) is 31.4. The topological polar surface area (TPSA) is 87.9 Å². The fraction of sp³-hybridized carbons (Fsp3) is 0.750. The third kappa shape index (κ3) is 1.90. The lowest BCUT2D eigenvalue weighted by Gasteiger charge is -2.29. The van der Waals surface area contributed by atoms with Crippen LogP contribution in [-0.4, -0.2) is 45.1 Å². The average Bonchev–Trinajstić information content (AvgIpc) is 2.95. The third-order valence-corrected chi connectivity index (χ3v) is 4.23. The van der Waals surface area contributed by atoms with Crippen LogP contribution in [0.5, 0.6) is 0 Å². The predicted octanol–water partition coefficient (Wildman–Crippen LogP) is 0.313. The summed E-state index contributed by atoms with van der Waals surface area (Å²) >= 11 is 0. The molecule has 1 amide bonds. The second kappa shape index (κ2) is 4.35. The molecule has 0 spiro atoms. The van der Waals surface area contributed by atoms with Gasteiger partial charge in [0.15, 0.2) is 0 Å². The van der Waals surface area contributed by atoms with Gasteiger partial charge in [-0.05, 0) is 31.6 Å². The molecule has 3 atom stereocenters. The van der Waals surface area contributed by atoms with Gasteiger partial charge in [0.2, 0.25) is 5.82 Å². The Hall–Kier alpha value is -1.43. The Labute approximate surface area is 106 Å². The van der Waals surface area contributed by atoms with Crippen LogP contribution in [-0.2, 0) is 0 Å². The molecule has 1 saturated carbocycles. The van der Waals surface area contributed by atoms with E-state index in [4.69, 9.17) is 5.73 Å². The summed E-state index contributed by atoms with van der Waals surface area (Å²) < 4.78 is 0. The largest absolute Gasteiger partial charge is 0.335 e. The molecule has 2 heterocycles. The zero-order valence-corrected chi connectivity index (χ0v) is 10.6. The second-order valence-corrected chi connectivity index (χ2v) is 5.47. The molecular weight excluding hydrogens is 230 g/mol. The van der Waals surface area contributed by atoms with Crippen LogP contribution in [0, 0.1) is 18.8 Å². The van der Waals surface area contributed by atoms with Crippen LogP contribution in [0.25, 0.3) is 0 Å². The van der Waals surface area contributed by atoms with Gasteiger partial charge in [0.05, 0.1) is 0 Å². The molecule has 0 aromatic carbocycles. The first-order valence-corrected chi connectivity index (χ1v) is 6.59. The van der Waals surface area contributed by atoms with Crippen molar-refractivity contribution in [3.8, 4) is 0 Å². The maximum Gasteiger partial charge on any atom is 0.293 e. The summed E-state index contributed by atoms with van der Waals surface area (Å²) in [6, 6.07) is 0.246. The van der Waals surface area contributed by atoms with E-state index in [1.54, 1.807) is 6.92 Å². The monoisotopic (exact) mass is 249 g/mol. The quantitative estimate of drug-likeness (QED) is 0.750. The van der Waals surface area contributed by atoms with Crippen LogP contribution >= 0.6 is 0 Å². The van der Waals surface area contributed by atoms with E-state index in [0.717, 1.165) is 19.5 Å². The number of carbonyl (C=O) groups excluding carboxylic acids is 1. The Balaban J connectivity index is 1.73. The fourth-order valence-electron chi connectivity index (χ4n) is 3.26. The van der Waals surface area contributed by atoms with Gasteiger partial charge in [0.25, 0.3) is 5.91 Å². The highest BCUT2D eigenvalue weighted by molar-refractivity contribution is 5.90. The Morgan fingerprint density at radius 1 is 1.44 bits per heavy atom. The molecule has 18 heavy (non-hydrogen) atoms. The minimum Gasteiger partial charge on any atom is -0.335 e. The van der Waals surface area contributed by atoms with Gasteiger partial charge in [-0.2, -0.15) is 0 Å². The smallest absolute Gasteiger partial charge is 0.293 e. The van der Waals surface area contributed by atoms with Crippen molar-refractivity contribution in [2.24, 2.45) is 17.6 Å². The highest BCUT2D eigenvalue weighted by Gasteiger charge is 2.41. The molecule has 2 fully saturated rings. The molecule has 1 aromatic heterocycles. The molecule has 0 bridgehead atoms. The summed E-state index contributed by atoms with van der Waals surface area (Å²) in [7, 11) is 0. The van der Waals surface area contributed by atoms with E-state index in [-0.39, 0.29) is 17.8 Å². The molecule has 1 saturated heterocycles. The molecule has 3 N–H and O–H groups in total. The Bertz CT molecular complexity index is 457. The first-order chi connectivity index (χ1) is 8.65. The van der Waals surface area contributed by atoms with Crippen LogP contribution in [0.4, 0.5) is 0 Å². The van der Waals surface area contributed by atoms with E-state index in [0.29, 0.717) is 17.7 Å². The van der Waals surface area contributed by atoms with E-state index in [1.807, 2.05) is 4.90 Å². The summed E-state index contributed by atoms with van der Waals surface area (Å²) in [5.41, 5.74) is 6.15. The van der Waals surface area contributed by atoms with Gasteiger partial charge in [0.1, 0.15) is 5.82 Å². The molecule has 6 heteroatoms. The van der Waals surface area contributed by atoms with Crippen LogP contribution in [0.1, 0.15) is 35.7 Å². The van der Waals surface area contributed by atoms with Crippen LogP contribution in [0.2, 0.25) is 0 Å². The standard InChI is InChI=1S/C12H19N5O/c1-7-14-11(16-15-7)12(18)17-5-8-3-2-4-10(13)9(8)6-17/h8-10H,2-6,13H2,1H3,(H,14,15,16). The van der Waals surface area contributed by atoms with Crippen molar-refractivity contribution in [1.29, 1.82) is 0 Å². The SMILES string of the molecule is Cc1nc(C(=O)N2CC3CCCC(N)C3C2)n[nH]1. The number of nitrogens with one attached hydrogen (secondary N) is 1. The molecule has 2 aliphatic rings. The number of likely N-dealkylation sites (tertiary alicyclic amines) is 1. The lowest BCUT2D eigenvalue weighted by atomic mass is 9.78. The number of H-pyrrole nitrogens is 1. The van der Waals surface area contributed by atoms with Crippen molar-refractivity contribution in [3.63, 3.8) is 0 Å². The zero-order valence-electron chi connectivity index (χ0n) is 10.6. The minimum atomic E-state index is -0.0686. The summed E-state index contributed by atoms with van der Waals surface area (Å²) in [4.78, 5) is 18.2. The van der Waals surface area contributed by atoms with Gasteiger partial charge < -0.3 is 10.6 Å². The van der Waals surface area contributed by atoms with Crippen LogP contribution in [0.3, 0.4) is 0 Å². The first-order valence-electron chi connectivity index (χ1n) is 6.59. The van der Waals surface area contributed by atoms with Crippen molar-refractivity contribution in [2.45, 2.75) is 32.2 Å². The minimum absolute atomic E-state index is 0.0686. The number of aryl methyl sites for hydroxylation is 1. The first kappa shape index (κ1) is 11.6. The molecule has 1 aromatic rings.